The summed E-state index contributed by atoms with van der Waals surface area (Å²) in [6, 6.07) is 24.1. The second-order valence-electron chi connectivity index (χ2n) is 6.79. The summed E-state index contributed by atoms with van der Waals surface area (Å²) in [7, 11) is 0. The number of para-hydroxylation sites is 1. The van der Waals surface area contributed by atoms with Gasteiger partial charge in [0.05, 0.1) is 20.3 Å². The largest absolute Gasteiger partial charge is 0.451 e. The molecule has 7 heteroatoms. The Kier molecular flexibility index (Phi) is 5.24. The van der Waals surface area contributed by atoms with E-state index in [0.29, 0.717) is 27.1 Å². The third kappa shape index (κ3) is 3.95. The van der Waals surface area contributed by atoms with E-state index in [0.717, 1.165) is 20.8 Å². The predicted molar refractivity (Wildman–Crippen MR) is 127 cm³/mol. The van der Waals surface area contributed by atoms with Crippen molar-refractivity contribution >= 4 is 56.3 Å². The van der Waals surface area contributed by atoms with Crippen LogP contribution >= 0.6 is 34.5 Å². The number of aromatic nitrogens is 1. The number of nitrogens with one attached hydrogen (secondary N) is 1. The lowest BCUT2D eigenvalue weighted by molar-refractivity contribution is 0.0997. The minimum atomic E-state index is -0.356. The first-order chi connectivity index (χ1) is 15.1. The summed E-state index contributed by atoms with van der Waals surface area (Å²) in [4.78, 5) is 17.4. The van der Waals surface area contributed by atoms with Crippen molar-refractivity contribution in [2.45, 2.75) is 0 Å². The van der Waals surface area contributed by atoms with E-state index in [-0.39, 0.29) is 11.7 Å². The van der Waals surface area contributed by atoms with Crippen LogP contribution in [0.5, 0.6) is 0 Å². The van der Waals surface area contributed by atoms with E-state index in [1.807, 2.05) is 48.5 Å². The number of hydrogen-bond donors (Lipinski definition) is 1. The molecular formula is C24H14Cl2N2O2S. The van der Waals surface area contributed by atoms with E-state index in [1.165, 1.54) is 0 Å². The zero-order valence-corrected chi connectivity index (χ0v) is 18.3. The number of carbonyl (C=O) groups excluding carboxylic acids is 1. The van der Waals surface area contributed by atoms with Gasteiger partial charge < -0.3 is 9.73 Å². The lowest BCUT2D eigenvalue weighted by Gasteiger charge is -2.05. The summed E-state index contributed by atoms with van der Waals surface area (Å²) < 4.78 is 6.85. The monoisotopic (exact) mass is 464 g/mol. The molecule has 0 spiro atoms. The molecule has 152 valence electrons. The summed E-state index contributed by atoms with van der Waals surface area (Å²) in [6.07, 6.45) is 0. The fourth-order valence-electron chi connectivity index (χ4n) is 3.22. The van der Waals surface area contributed by atoms with Crippen molar-refractivity contribution in [2.24, 2.45) is 0 Å². The molecule has 5 rings (SSSR count). The first-order valence-electron chi connectivity index (χ1n) is 9.40. The highest BCUT2D eigenvalue weighted by Crippen LogP contribution is 2.35. The molecule has 31 heavy (non-hydrogen) atoms. The zero-order chi connectivity index (χ0) is 21.4. The molecule has 0 fully saturated rings. The number of amides is 1. The number of rotatable bonds is 4. The molecule has 0 unspecified atom stereocenters. The van der Waals surface area contributed by atoms with Crippen LogP contribution in [-0.2, 0) is 0 Å². The first-order valence-corrected chi connectivity index (χ1v) is 11.0. The molecule has 0 aliphatic heterocycles. The van der Waals surface area contributed by atoms with Gasteiger partial charge in [-0.15, -0.1) is 11.3 Å². The fourth-order valence-corrected chi connectivity index (χ4v) is 4.57. The Bertz CT molecular complexity index is 1390. The minimum absolute atomic E-state index is 0.177. The van der Waals surface area contributed by atoms with E-state index in [1.54, 1.807) is 41.7 Å². The van der Waals surface area contributed by atoms with Gasteiger partial charge in [-0.3, -0.25) is 4.79 Å². The number of furan rings is 1. The molecule has 0 radical (unpaired) electrons. The van der Waals surface area contributed by atoms with Crippen LogP contribution in [0.1, 0.15) is 10.6 Å². The molecule has 2 heterocycles. The van der Waals surface area contributed by atoms with E-state index in [4.69, 9.17) is 27.6 Å². The molecule has 0 atom stereocenters. The maximum atomic E-state index is 12.7. The van der Waals surface area contributed by atoms with Crippen LogP contribution in [0.4, 0.5) is 5.69 Å². The molecule has 0 bridgehead atoms. The van der Waals surface area contributed by atoms with Gasteiger partial charge in [-0.05, 0) is 48.5 Å². The maximum Gasteiger partial charge on any atom is 0.291 e. The van der Waals surface area contributed by atoms with Gasteiger partial charge in [-0.2, -0.15) is 0 Å². The minimum Gasteiger partial charge on any atom is -0.451 e. The van der Waals surface area contributed by atoms with Crippen LogP contribution in [0.2, 0.25) is 10.0 Å². The van der Waals surface area contributed by atoms with Crippen molar-refractivity contribution in [3.8, 4) is 21.9 Å². The Morgan fingerprint density at radius 3 is 2.65 bits per heavy atom. The number of fused-ring (bicyclic) bond motifs is 1. The summed E-state index contributed by atoms with van der Waals surface area (Å²) >= 11 is 13.9. The lowest BCUT2D eigenvalue weighted by atomic mass is 10.2. The van der Waals surface area contributed by atoms with Gasteiger partial charge >= 0.3 is 0 Å². The fraction of sp³-hybridized carbons (Fsp3) is 0. The van der Waals surface area contributed by atoms with E-state index in [9.17, 15) is 4.79 Å². The van der Waals surface area contributed by atoms with Gasteiger partial charge in [0, 0.05) is 16.8 Å². The maximum absolute atomic E-state index is 12.7. The highest BCUT2D eigenvalue weighted by molar-refractivity contribution is 7.21. The Hall–Kier alpha value is -3.12. The van der Waals surface area contributed by atoms with Gasteiger partial charge in [0.15, 0.2) is 5.76 Å². The van der Waals surface area contributed by atoms with Crippen molar-refractivity contribution < 1.29 is 9.21 Å². The predicted octanol–water partition coefficient (Wildman–Crippen LogP) is 7.78. The number of benzene rings is 3. The van der Waals surface area contributed by atoms with E-state index < -0.39 is 0 Å². The van der Waals surface area contributed by atoms with Gasteiger partial charge in [0.2, 0.25) is 0 Å². The molecule has 0 aliphatic rings. The van der Waals surface area contributed by atoms with Crippen molar-refractivity contribution in [1.82, 2.24) is 4.98 Å². The highest BCUT2D eigenvalue weighted by atomic mass is 35.5. The topological polar surface area (TPSA) is 55.1 Å². The third-order valence-corrected chi connectivity index (χ3v) is 6.61. The van der Waals surface area contributed by atoms with Crippen LogP contribution in [-0.4, -0.2) is 10.9 Å². The highest BCUT2D eigenvalue weighted by Gasteiger charge is 2.16. The molecule has 0 saturated carbocycles. The Morgan fingerprint density at radius 1 is 0.935 bits per heavy atom. The van der Waals surface area contributed by atoms with E-state index in [2.05, 4.69) is 10.3 Å². The molecular weight excluding hydrogens is 451 g/mol. The second-order valence-corrected chi connectivity index (χ2v) is 8.60. The molecule has 2 aromatic heterocycles. The Balaban J connectivity index is 1.38. The molecule has 0 aliphatic carbocycles. The van der Waals surface area contributed by atoms with Crippen LogP contribution in [0.15, 0.2) is 83.3 Å². The van der Waals surface area contributed by atoms with Gasteiger partial charge in [-0.1, -0.05) is 53.5 Å². The number of carbonyl (C=O) groups is 1. The standard InChI is InChI=1S/C24H14Cl2N2O2S/c25-17-8-4-7-16(22(17)26)19-11-12-20(30-19)23(29)27-15-6-3-5-14(13-15)24-28-18-9-1-2-10-21(18)31-24/h1-13H,(H,27,29). The molecule has 5 aromatic rings. The quantitative estimate of drug-likeness (QED) is 0.295. The zero-order valence-electron chi connectivity index (χ0n) is 15.9. The number of halogens is 2. The van der Waals surface area contributed by atoms with Gasteiger partial charge in [0.1, 0.15) is 10.8 Å². The lowest BCUT2D eigenvalue weighted by Crippen LogP contribution is -2.10. The SMILES string of the molecule is O=C(Nc1cccc(-c2nc3ccccc3s2)c1)c1ccc(-c2cccc(Cl)c2Cl)o1. The molecule has 1 N–H and O–H groups in total. The van der Waals surface area contributed by atoms with Gasteiger partial charge in [-0.25, -0.2) is 4.98 Å². The summed E-state index contributed by atoms with van der Waals surface area (Å²) in [5, 5.41) is 4.58. The van der Waals surface area contributed by atoms with Gasteiger partial charge in [0.25, 0.3) is 5.91 Å². The van der Waals surface area contributed by atoms with Crippen LogP contribution in [0.25, 0.3) is 32.1 Å². The van der Waals surface area contributed by atoms with Crippen molar-refractivity contribution in [3.05, 3.63) is 94.7 Å². The number of hydrogen-bond acceptors (Lipinski definition) is 4. The second kappa shape index (κ2) is 8.19. The molecule has 0 saturated heterocycles. The van der Waals surface area contributed by atoms with Crippen LogP contribution in [0.3, 0.4) is 0 Å². The van der Waals surface area contributed by atoms with Crippen LogP contribution < -0.4 is 5.32 Å². The smallest absolute Gasteiger partial charge is 0.291 e. The number of nitrogens with zero attached hydrogens (tertiary/aromatic N) is 1. The summed E-state index contributed by atoms with van der Waals surface area (Å²) in [5.74, 6) is 0.295. The Labute approximate surface area is 192 Å². The summed E-state index contributed by atoms with van der Waals surface area (Å²) in [5.41, 5.74) is 3.18. The molecule has 4 nitrogen and oxygen atoms in total. The Morgan fingerprint density at radius 2 is 1.77 bits per heavy atom. The average molecular weight is 465 g/mol. The third-order valence-electron chi connectivity index (χ3n) is 4.71. The van der Waals surface area contributed by atoms with E-state index >= 15 is 0 Å². The molecule has 1 amide bonds. The van der Waals surface area contributed by atoms with Crippen molar-refractivity contribution in [1.29, 1.82) is 0 Å². The van der Waals surface area contributed by atoms with Crippen molar-refractivity contribution in [2.75, 3.05) is 5.32 Å². The first kappa shape index (κ1) is 19.8. The average Bonchev–Trinajstić information content (AvgIpc) is 3.43. The number of thiazole rings is 1. The normalized spacial score (nSPS) is 11.0. The number of anilines is 1. The van der Waals surface area contributed by atoms with Crippen molar-refractivity contribution in [3.63, 3.8) is 0 Å². The summed E-state index contributed by atoms with van der Waals surface area (Å²) in [6.45, 7) is 0. The molecule has 3 aromatic carbocycles. The van der Waals surface area contributed by atoms with Crippen LogP contribution in [0, 0.1) is 0 Å².